The molecule has 4 nitrogen and oxygen atoms in total. The summed E-state index contributed by atoms with van der Waals surface area (Å²) in [5.74, 6) is -0.449. The number of rotatable bonds is 1. The molecule has 1 saturated heterocycles. The second-order valence-corrected chi connectivity index (χ2v) is 1.84. The molecule has 5 heteroatoms. The van der Waals surface area contributed by atoms with E-state index in [-0.39, 0.29) is 12.4 Å². The van der Waals surface area contributed by atoms with Gasteiger partial charge in [0.05, 0.1) is 19.8 Å². The number of carbonyl (C=O) groups is 1. The highest BCUT2D eigenvalue weighted by Crippen LogP contribution is 1.98. The number of halogens is 1. The van der Waals surface area contributed by atoms with Crippen LogP contribution in [0, 0.1) is 0 Å². The first-order valence-corrected chi connectivity index (χ1v) is 2.79. The molecule has 0 aromatic heterocycles. The highest BCUT2D eigenvalue weighted by atomic mass is 35.5. The maximum absolute atomic E-state index is 10.4. The van der Waals surface area contributed by atoms with Gasteiger partial charge in [-0.2, -0.15) is 0 Å². The van der Waals surface area contributed by atoms with Crippen molar-refractivity contribution in [1.82, 2.24) is 0 Å². The van der Waals surface area contributed by atoms with E-state index in [0.717, 1.165) is 0 Å². The van der Waals surface area contributed by atoms with E-state index in [0.29, 0.717) is 19.8 Å². The summed E-state index contributed by atoms with van der Waals surface area (Å²) in [6, 6.07) is 0. The average molecular weight is 168 g/mol. The highest BCUT2D eigenvalue weighted by Gasteiger charge is 2.18. The van der Waals surface area contributed by atoms with Crippen LogP contribution in [0.15, 0.2) is 0 Å². The third-order valence-corrected chi connectivity index (χ3v) is 1.13. The van der Waals surface area contributed by atoms with Gasteiger partial charge < -0.3 is 15.2 Å². The van der Waals surface area contributed by atoms with E-state index in [2.05, 4.69) is 0 Å². The van der Waals surface area contributed by atoms with Gasteiger partial charge in [-0.15, -0.1) is 12.4 Å². The predicted octanol–water partition coefficient (Wildman–Crippen LogP) is -0.691. The van der Waals surface area contributed by atoms with E-state index in [9.17, 15) is 4.79 Å². The summed E-state index contributed by atoms with van der Waals surface area (Å²) >= 11 is 0. The van der Waals surface area contributed by atoms with Gasteiger partial charge in [0.1, 0.15) is 0 Å². The zero-order valence-corrected chi connectivity index (χ0v) is 6.23. The Kier molecular flexibility index (Phi) is 4.34. The van der Waals surface area contributed by atoms with Crippen molar-refractivity contribution in [3.05, 3.63) is 0 Å². The van der Waals surface area contributed by atoms with Crippen molar-refractivity contribution in [2.24, 2.45) is 5.73 Å². The average Bonchev–Trinajstić information content (AvgIpc) is 1.90. The van der Waals surface area contributed by atoms with Gasteiger partial charge in [-0.25, -0.2) is 0 Å². The minimum absolute atomic E-state index is 0. The van der Waals surface area contributed by atoms with Crippen LogP contribution in [0.1, 0.15) is 0 Å². The zero-order chi connectivity index (χ0) is 6.69. The van der Waals surface area contributed by atoms with E-state index in [4.69, 9.17) is 15.2 Å². The van der Waals surface area contributed by atoms with E-state index < -0.39 is 12.0 Å². The Morgan fingerprint density at radius 3 is 2.50 bits per heavy atom. The first kappa shape index (κ1) is 9.68. The Hall–Kier alpha value is -0.320. The molecule has 1 atom stereocenters. The van der Waals surface area contributed by atoms with Crippen LogP contribution in [0.4, 0.5) is 0 Å². The van der Waals surface area contributed by atoms with Crippen molar-refractivity contribution in [3.8, 4) is 0 Å². The Balaban J connectivity index is 0.000000810. The molecule has 1 aliphatic rings. The van der Waals surface area contributed by atoms with Crippen LogP contribution < -0.4 is 5.73 Å². The van der Waals surface area contributed by atoms with Crippen LogP contribution >= 0.6 is 12.4 Å². The van der Waals surface area contributed by atoms with E-state index in [1.54, 1.807) is 0 Å². The van der Waals surface area contributed by atoms with Crippen molar-refractivity contribution in [3.63, 3.8) is 0 Å². The number of ether oxygens (including phenoxy) is 2. The summed E-state index contributed by atoms with van der Waals surface area (Å²) in [5, 5.41) is 0. The molecule has 0 bridgehead atoms. The first-order chi connectivity index (χ1) is 4.30. The maximum Gasteiger partial charge on any atom is 0.248 e. The van der Waals surface area contributed by atoms with Gasteiger partial charge in [0.15, 0.2) is 6.10 Å². The number of hydrogen-bond donors (Lipinski definition) is 1. The Bertz CT molecular complexity index is 113. The maximum atomic E-state index is 10.4. The first-order valence-electron chi connectivity index (χ1n) is 2.79. The fraction of sp³-hybridized carbons (Fsp3) is 0.800. The minimum atomic E-state index is -0.529. The van der Waals surface area contributed by atoms with Crippen LogP contribution in [0.3, 0.4) is 0 Å². The molecule has 10 heavy (non-hydrogen) atoms. The van der Waals surface area contributed by atoms with Gasteiger partial charge in [-0.05, 0) is 0 Å². The molecular weight excluding hydrogens is 158 g/mol. The minimum Gasteiger partial charge on any atom is -0.376 e. The molecule has 1 amide bonds. The lowest BCUT2D eigenvalue weighted by atomic mass is 10.3. The topological polar surface area (TPSA) is 61.6 Å². The largest absolute Gasteiger partial charge is 0.376 e. The molecule has 0 spiro atoms. The van der Waals surface area contributed by atoms with Crippen molar-refractivity contribution in [1.29, 1.82) is 0 Å². The zero-order valence-electron chi connectivity index (χ0n) is 5.41. The van der Waals surface area contributed by atoms with Crippen molar-refractivity contribution >= 4 is 18.3 Å². The van der Waals surface area contributed by atoms with Crippen LogP contribution in [0.2, 0.25) is 0 Å². The highest BCUT2D eigenvalue weighted by molar-refractivity contribution is 5.85. The van der Waals surface area contributed by atoms with E-state index >= 15 is 0 Å². The van der Waals surface area contributed by atoms with Crippen LogP contribution in [0.25, 0.3) is 0 Å². The number of carbonyl (C=O) groups excluding carboxylic acids is 1. The van der Waals surface area contributed by atoms with Crippen molar-refractivity contribution in [2.45, 2.75) is 6.10 Å². The summed E-state index contributed by atoms with van der Waals surface area (Å²) in [6.45, 7) is 1.33. The fourth-order valence-electron chi connectivity index (χ4n) is 0.652. The second kappa shape index (κ2) is 4.49. The number of primary amides is 1. The standard InChI is InChI=1S/C5H9NO3.ClH/c6-5(7)4-3-8-1-2-9-4;/h4H,1-3H2,(H2,6,7);1H/t4-;/m0./s1. The second-order valence-electron chi connectivity index (χ2n) is 1.84. The van der Waals surface area contributed by atoms with Gasteiger partial charge >= 0.3 is 0 Å². The SMILES string of the molecule is Cl.NC(=O)[C@@H]1COCCO1. The van der Waals surface area contributed by atoms with E-state index in [1.807, 2.05) is 0 Å². The lowest BCUT2D eigenvalue weighted by Gasteiger charge is -2.19. The van der Waals surface area contributed by atoms with Gasteiger partial charge in [0.25, 0.3) is 0 Å². The fourth-order valence-corrected chi connectivity index (χ4v) is 0.652. The molecule has 0 radical (unpaired) electrons. The third kappa shape index (κ3) is 2.51. The smallest absolute Gasteiger partial charge is 0.248 e. The van der Waals surface area contributed by atoms with Gasteiger partial charge in [-0.3, -0.25) is 4.79 Å². The van der Waals surface area contributed by atoms with Crippen molar-refractivity contribution < 1.29 is 14.3 Å². The Morgan fingerprint density at radius 2 is 2.20 bits per heavy atom. The quantitative estimate of drug-likeness (QED) is 0.562. The summed E-state index contributed by atoms with van der Waals surface area (Å²) in [4.78, 5) is 10.4. The molecule has 1 fully saturated rings. The third-order valence-electron chi connectivity index (χ3n) is 1.13. The molecule has 0 aliphatic carbocycles. The van der Waals surface area contributed by atoms with Crippen LogP contribution in [-0.4, -0.2) is 31.8 Å². The predicted molar refractivity (Wildman–Crippen MR) is 37.0 cm³/mol. The van der Waals surface area contributed by atoms with Gasteiger partial charge in [0, 0.05) is 0 Å². The molecule has 0 aromatic carbocycles. The monoisotopic (exact) mass is 167 g/mol. The lowest BCUT2D eigenvalue weighted by Crippen LogP contribution is -2.39. The number of nitrogens with two attached hydrogens (primary N) is 1. The van der Waals surface area contributed by atoms with E-state index in [1.165, 1.54) is 0 Å². The van der Waals surface area contributed by atoms with Gasteiger partial charge in [-0.1, -0.05) is 0 Å². The molecule has 2 N–H and O–H groups in total. The molecule has 1 heterocycles. The summed E-state index contributed by atoms with van der Waals surface area (Å²) in [7, 11) is 0. The van der Waals surface area contributed by atoms with Crippen LogP contribution in [0.5, 0.6) is 0 Å². The van der Waals surface area contributed by atoms with Crippen molar-refractivity contribution in [2.75, 3.05) is 19.8 Å². The molecule has 1 aliphatic heterocycles. The van der Waals surface area contributed by atoms with Gasteiger partial charge in [0.2, 0.25) is 5.91 Å². The molecule has 60 valence electrons. The van der Waals surface area contributed by atoms with Crippen LogP contribution in [-0.2, 0) is 14.3 Å². The molecule has 0 saturated carbocycles. The summed E-state index contributed by atoms with van der Waals surface area (Å²) in [5.41, 5.74) is 4.92. The summed E-state index contributed by atoms with van der Waals surface area (Å²) in [6.07, 6.45) is -0.529. The molecule has 0 aromatic rings. The summed E-state index contributed by atoms with van der Waals surface area (Å²) < 4.78 is 9.86. The number of amides is 1. The Labute approximate surface area is 65.1 Å². The number of hydrogen-bond acceptors (Lipinski definition) is 3. The molecular formula is C5H10ClNO3. The molecule has 0 unspecified atom stereocenters. The lowest BCUT2D eigenvalue weighted by molar-refractivity contribution is -0.144. The normalized spacial score (nSPS) is 25.0. The molecule has 1 rings (SSSR count). The Morgan fingerprint density at radius 1 is 1.50 bits per heavy atom.